The van der Waals surface area contributed by atoms with Crippen molar-refractivity contribution in [3.8, 4) is 0 Å². The number of nitro benzene ring substituents is 1. The van der Waals surface area contributed by atoms with E-state index in [1.54, 1.807) is 0 Å². The van der Waals surface area contributed by atoms with Crippen LogP contribution in [-0.4, -0.2) is 24.1 Å². The van der Waals surface area contributed by atoms with Crippen molar-refractivity contribution in [2.24, 2.45) is 0 Å². The fourth-order valence-corrected chi connectivity index (χ4v) is 2.25. The van der Waals surface area contributed by atoms with Gasteiger partial charge in [0.2, 0.25) is 5.91 Å². The number of benzene rings is 1. The summed E-state index contributed by atoms with van der Waals surface area (Å²) in [7, 11) is 1.31. The Bertz CT molecular complexity index is 557. The SMILES string of the molecule is CN1C(=O)C(CC(F)(F)F)c2c1cccc2[N+](=O)[O-]. The molecule has 0 saturated carbocycles. The smallest absolute Gasteiger partial charge is 0.314 e. The molecule has 0 spiro atoms. The van der Waals surface area contributed by atoms with Gasteiger partial charge in [-0.05, 0) is 6.07 Å². The number of halogens is 3. The first-order valence-corrected chi connectivity index (χ1v) is 5.34. The van der Waals surface area contributed by atoms with Crippen LogP contribution in [0.15, 0.2) is 18.2 Å². The molecule has 0 aromatic heterocycles. The Labute approximate surface area is 105 Å². The van der Waals surface area contributed by atoms with Gasteiger partial charge >= 0.3 is 6.18 Å². The van der Waals surface area contributed by atoms with Gasteiger partial charge in [-0.1, -0.05) is 6.07 Å². The Morgan fingerprint density at radius 2 is 2.05 bits per heavy atom. The minimum atomic E-state index is -4.56. The van der Waals surface area contributed by atoms with Crippen LogP contribution in [0.2, 0.25) is 0 Å². The number of carbonyl (C=O) groups is 1. The quantitative estimate of drug-likeness (QED) is 0.615. The summed E-state index contributed by atoms with van der Waals surface area (Å²) in [6.45, 7) is 0. The number of anilines is 1. The van der Waals surface area contributed by atoms with Crippen molar-refractivity contribution in [3.05, 3.63) is 33.9 Å². The van der Waals surface area contributed by atoms with E-state index in [1.807, 2.05) is 0 Å². The number of likely N-dealkylation sites (N-methyl/N-ethyl adjacent to an activating group) is 1. The Hall–Kier alpha value is -2.12. The van der Waals surface area contributed by atoms with Crippen LogP contribution in [0.5, 0.6) is 0 Å². The lowest BCUT2D eigenvalue weighted by Gasteiger charge is -2.12. The van der Waals surface area contributed by atoms with Crippen LogP contribution in [0.3, 0.4) is 0 Å². The topological polar surface area (TPSA) is 63.5 Å². The van der Waals surface area contributed by atoms with Crippen LogP contribution in [0, 0.1) is 10.1 Å². The first-order valence-electron chi connectivity index (χ1n) is 5.34. The largest absolute Gasteiger partial charge is 0.390 e. The van der Waals surface area contributed by atoms with Crippen molar-refractivity contribution in [3.63, 3.8) is 0 Å². The van der Waals surface area contributed by atoms with Gasteiger partial charge in [-0.2, -0.15) is 13.2 Å². The summed E-state index contributed by atoms with van der Waals surface area (Å²) < 4.78 is 37.5. The third kappa shape index (κ3) is 2.25. The predicted molar refractivity (Wildman–Crippen MR) is 59.9 cm³/mol. The van der Waals surface area contributed by atoms with Gasteiger partial charge in [-0.3, -0.25) is 14.9 Å². The van der Waals surface area contributed by atoms with E-state index >= 15 is 0 Å². The minimum Gasteiger partial charge on any atom is -0.314 e. The second-order valence-corrected chi connectivity index (χ2v) is 4.24. The third-order valence-electron chi connectivity index (χ3n) is 3.03. The Kier molecular flexibility index (Phi) is 2.95. The molecule has 5 nitrogen and oxygen atoms in total. The maximum absolute atomic E-state index is 12.5. The molecule has 1 unspecified atom stereocenters. The molecule has 0 N–H and O–H groups in total. The molecular weight excluding hydrogens is 265 g/mol. The number of nitrogens with zero attached hydrogens (tertiary/aromatic N) is 2. The van der Waals surface area contributed by atoms with Crippen molar-refractivity contribution in [2.45, 2.75) is 18.5 Å². The number of hydrogen-bond donors (Lipinski definition) is 0. The van der Waals surface area contributed by atoms with Gasteiger partial charge in [0, 0.05) is 13.1 Å². The highest BCUT2D eigenvalue weighted by Gasteiger charge is 2.46. The fourth-order valence-electron chi connectivity index (χ4n) is 2.25. The number of fused-ring (bicyclic) bond motifs is 1. The predicted octanol–water partition coefficient (Wildman–Crippen LogP) is 2.61. The van der Waals surface area contributed by atoms with Gasteiger partial charge in [-0.25, -0.2) is 0 Å². The van der Waals surface area contributed by atoms with E-state index in [-0.39, 0.29) is 11.3 Å². The van der Waals surface area contributed by atoms with Gasteiger partial charge in [0.25, 0.3) is 5.69 Å². The zero-order valence-corrected chi connectivity index (χ0v) is 9.77. The molecule has 19 heavy (non-hydrogen) atoms. The molecule has 8 heteroatoms. The van der Waals surface area contributed by atoms with Gasteiger partial charge in [0.15, 0.2) is 0 Å². The first-order chi connectivity index (χ1) is 8.72. The molecule has 2 rings (SSSR count). The summed E-state index contributed by atoms with van der Waals surface area (Å²) in [6.07, 6.45) is -5.96. The highest BCUT2D eigenvalue weighted by atomic mass is 19.4. The number of hydrogen-bond acceptors (Lipinski definition) is 3. The van der Waals surface area contributed by atoms with E-state index in [0.717, 1.165) is 11.0 Å². The summed E-state index contributed by atoms with van der Waals surface area (Å²) in [4.78, 5) is 23.0. The molecule has 0 fully saturated rings. The van der Waals surface area contributed by atoms with Crippen LogP contribution < -0.4 is 4.90 Å². The zero-order valence-electron chi connectivity index (χ0n) is 9.77. The Morgan fingerprint density at radius 3 is 2.58 bits per heavy atom. The molecule has 1 heterocycles. The molecule has 0 saturated heterocycles. The second-order valence-electron chi connectivity index (χ2n) is 4.24. The minimum absolute atomic E-state index is 0.155. The van der Waals surface area contributed by atoms with Gasteiger partial charge < -0.3 is 4.90 Å². The summed E-state index contributed by atoms with van der Waals surface area (Å²) in [5.41, 5.74) is -0.449. The van der Waals surface area contributed by atoms with Gasteiger partial charge in [0.1, 0.15) is 0 Å². The van der Waals surface area contributed by atoms with Gasteiger partial charge in [-0.15, -0.1) is 0 Å². The third-order valence-corrected chi connectivity index (χ3v) is 3.03. The molecule has 1 amide bonds. The maximum Gasteiger partial charge on any atom is 0.390 e. The fraction of sp³-hybridized carbons (Fsp3) is 0.364. The highest BCUT2D eigenvalue weighted by Crippen LogP contribution is 2.46. The van der Waals surface area contributed by atoms with Crippen LogP contribution in [0.1, 0.15) is 17.9 Å². The van der Waals surface area contributed by atoms with Crippen molar-refractivity contribution in [1.82, 2.24) is 0 Å². The number of alkyl halides is 3. The second kappa shape index (κ2) is 4.22. The molecule has 1 aromatic carbocycles. The van der Waals surface area contributed by atoms with Crippen LogP contribution in [0.4, 0.5) is 24.5 Å². The van der Waals surface area contributed by atoms with E-state index < -0.39 is 35.0 Å². The lowest BCUT2D eigenvalue weighted by atomic mass is 9.95. The first kappa shape index (κ1) is 13.3. The molecule has 0 bridgehead atoms. The van der Waals surface area contributed by atoms with E-state index in [4.69, 9.17) is 0 Å². The van der Waals surface area contributed by atoms with E-state index in [2.05, 4.69) is 0 Å². The molecule has 0 aliphatic carbocycles. The molecular formula is C11H9F3N2O3. The summed E-state index contributed by atoms with van der Waals surface area (Å²) in [6, 6.07) is 3.85. The molecule has 0 radical (unpaired) electrons. The van der Waals surface area contributed by atoms with Crippen LogP contribution >= 0.6 is 0 Å². The van der Waals surface area contributed by atoms with Crippen LogP contribution in [-0.2, 0) is 4.79 Å². The number of rotatable bonds is 2. The standard InChI is InChI=1S/C11H9F3N2O3/c1-15-7-3-2-4-8(16(18)19)9(7)6(10(15)17)5-11(12,13)14/h2-4,6H,5H2,1H3. The highest BCUT2D eigenvalue weighted by molar-refractivity contribution is 6.05. The average molecular weight is 274 g/mol. The summed E-state index contributed by atoms with van der Waals surface area (Å²) in [5, 5.41) is 10.9. The summed E-state index contributed by atoms with van der Waals surface area (Å²) >= 11 is 0. The van der Waals surface area contributed by atoms with E-state index in [0.29, 0.717) is 0 Å². The lowest BCUT2D eigenvalue weighted by molar-refractivity contribution is -0.385. The van der Waals surface area contributed by atoms with Gasteiger partial charge in [0.05, 0.1) is 28.5 Å². The number of nitro groups is 1. The monoisotopic (exact) mass is 274 g/mol. The Balaban J connectivity index is 2.57. The van der Waals surface area contributed by atoms with E-state index in [1.165, 1.54) is 19.2 Å². The van der Waals surface area contributed by atoms with E-state index in [9.17, 15) is 28.1 Å². The average Bonchev–Trinajstić information content (AvgIpc) is 2.53. The number of carbonyl (C=O) groups excluding carboxylic acids is 1. The normalized spacial score (nSPS) is 18.6. The van der Waals surface area contributed by atoms with Crippen molar-refractivity contribution in [1.29, 1.82) is 0 Å². The van der Waals surface area contributed by atoms with Crippen LogP contribution in [0.25, 0.3) is 0 Å². The zero-order chi connectivity index (χ0) is 14.4. The van der Waals surface area contributed by atoms with Crippen molar-refractivity contribution >= 4 is 17.3 Å². The molecule has 1 aliphatic rings. The molecule has 1 atom stereocenters. The van der Waals surface area contributed by atoms with Crippen molar-refractivity contribution < 1.29 is 22.9 Å². The molecule has 102 valence electrons. The van der Waals surface area contributed by atoms with Crippen molar-refractivity contribution in [2.75, 3.05) is 11.9 Å². The summed E-state index contributed by atoms with van der Waals surface area (Å²) in [5.74, 6) is -2.32. The molecule has 1 aromatic rings. The maximum atomic E-state index is 12.5. The Morgan fingerprint density at radius 1 is 1.42 bits per heavy atom. The molecule has 1 aliphatic heterocycles. The number of amides is 1. The lowest BCUT2D eigenvalue weighted by Crippen LogP contribution is -2.26.